The molecule has 0 aliphatic carbocycles. The number of nitrogens with one attached hydrogen (secondary N) is 1. The van der Waals surface area contributed by atoms with Crippen molar-refractivity contribution in [3.05, 3.63) is 78.0 Å². The van der Waals surface area contributed by atoms with Gasteiger partial charge in [0, 0.05) is 48.9 Å². The van der Waals surface area contributed by atoms with Crippen LogP contribution in [0.3, 0.4) is 0 Å². The third kappa shape index (κ3) is 5.21. The molecular weight excluding hydrogens is 421 g/mol. The first-order chi connectivity index (χ1) is 14.8. The van der Waals surface area contributed by atoms with Crippen molar-refractivity contribution in [2.75, 3.05) is 11.9 Å². The van der Waals surface area contributed by atoms with Crippen LogP contribution in [0.25, 0.3) is 21.2 Å². The summed E-state index contributed by atoms with van der Waals surface area (Å²) in [5, 5.41) is 5.61. The van der Waals surface area contributed by atoms with Crippen LogP contribution in [0.5, 0.6) is 0 Å². The van der Waals surface area contributed by atoms with Crippen LogP contribution in [0.1, 0.15) is 18.1 Å². The van der Waals surface area contributed by atoms with E-state index in [-0.39, 0.29) is 11.6 Å². The van der Waals surface area contributed by atoms with E-state index in [9.17, 15) is 13.2 Å². The highest BCUT2D eigenvalue weighted by Gasteiger charge is 2.23. The third-order valence-electron chi connectivity index (χ3n) is 4.95. The van der Waals surface area contributed by atoms with Crippen molar-refractivity contribution in [1.29, 1.82) is 0 Å². The van der Waals surface area contributed by atoms with Gasteiger partial charge in [-0.05, 0) is 29.0 Å². The van der Waals surface area contributed by atoms with Crippen molar-refractivity contribution < 1.29 is 13.2 Å². The molecule has 0 amide bonds. The molecule has 3 N–H and O–H groups in total. The molecule has 4 nitrogen and oxygen atoms in total. The summed E-state index contributed by atoms with van der Waals surface area (Å²) >= 11 is 1.48. The lowest BCUT2D eigenvalue weighted by atomic mass is 10.0. The molecule has 0 unspecified atom stereocenters. The number of pyridine rings is 1. The molecule has 4 aromatic rings. The Balaban J connectivity index is 1.37. The van der Waals surface area contributed by atoms with Crippen LogP contribution in [-0.4, -0.2) is 22.6 Å². The number of hydrogen-bond donors (Lipinski definition) is 2. The molecule has 0 saturated heterocycles. The predicted octanol–water partition coefficient (Wildman–Crippen LogP) is 5.59. The van der Waals surface area contributed by atoms with Crippen LogP contribution >= 0.6 is 11.3 Å². The van der Waals surface area contributed by atoms with E-state index >= 15 is 0 Å². The molecule has 31 heavy (non-hydrogen) atoms. The maximum Gasteiger partial charge on any atom is 0.270 e. The average molecular weight is 443 g/mol. The largest absolute Gasteiger partial charge is 0.360 e. The van der Waals surface area contributed by atoms with Crippen LogP contribution < -0.4 is 11.1 Å². The summed E-state index contributed by atoms with van der Waals surface area (Å²) in [6.45, 7) is 1.38. The highest BCUT2D eigenvalue weighted by Crippen LogP contribution is 2.31. The molecule has 0 aliphatic heterocycles. The van der Waals surface area contributed by atoms with Gasteiger partial charge in [0.05, 0.1) is 4.88 Å². The predicted molar refractivity (Wildman–Crippen MR) is 119 cm³/mol. The topological polar surface area (TPSA) is 63.8 Å². The SMILES string of the molecule is CC(F)(F)c1ccc(C[C@H](N)CNc2ncc(-c3ccc4cnc(F)cc4c3)s2)cc1. The quantitative estimate of drug-likeness (QED) is 0.366. The normalized spacial score (nSPS) is 12.8. The number of halogens is 3. The summed E-state index contributed by atoms with van der Waals surface area (Å²) in [7, 11) is 0. The Kier molecular flexibility index (Phi) is 5.93. The number of hydrogen-bond acceptors (Lipinski definition) is 5. The molecule has 2 aromatic heterocycles. The number of alkyl halides is 2. The second-order valence-corrected chi connectivity index (χ2v) is 8.56. The van der Waals surface area contributed by atoms with Crippen LogP contribution in [-0.2, 0) is 12.3 Å². The summed E-state index contributed by atoms with van der Waals surface area (Å²) in [4.78, 5) is 9.01. The number of nitrogens with two attached hydrogens (primary N) is 1. The van der Waals surface area contributed by atoms with E-state index in [1.54, 1.807) is 18.3 Å². The number of aromatic nitrogens is 2. The van der Waals surface area contributed by atoms with E-state index < -0.39 is 11.9 Å². The van der Waals surface area contributed by atoms with Gasteiger partial charge >= 0.3 is 0 Å². The molecule has 2 heterocycles. The zero-order valence-corrected chi connectivity index (χ0v) is 17.6. The van der Waals surface area contributed by atoms with Gasteiger partial charge in [-0.25, -0.2) is 18.7 Å². The van der Waals surface area contributed by atoms with E-state index in [1.165, 1.54) is 35.7 Å². The van der Waals surface area contributed by atoms with E-state index in [2.05, 4.69) is 15.3 Å². The van der Waals surface area contributed by atoms with Gasteiger partial charge in [0.1, 0.15) is 0 Å². The van der Waals surface area contributed by atoms with Crippen molar-refractivity contribution in [2.45, 2.75) is 25.3 Å². The van der Waals surface area contributed by atoms with E-state index in [1.807, 2.05) is 18.2 Å². The second-order valence-electron chi connectivity index (χ2n) is 7.53. The minimum absolute atomic E-state index is 0.00838. The monoisotopic (exact) mass is 442 g/mol. The number of nitrogens with zero attached hydrogens (tertiary/aromatic N) is 2. The standard InChI is InChI=1S/C23H21F3N4S/c1-23(25,26)18-6-2-14(3-7-18)8-19(27)12-29-22-30-13-20(31-22)15-4-5-16-11-28-21(24)10-17(16)9-15/h2-7,9-11,13,19H,8,12,27H2,1H3,(H,29,30)/t19-/m0/s1. The summed E-state index contributed by atoms with van der Waals surface area (Å²) in [5.41, 5.74) is 8.04. The van der Waals surface area contributed by atoms with Crippen molar-refractivity contribution >= 4 is 27.2 Å². The number of fused-ring (bicyclic) bond motifs is 1. The van der Waals surface area contributed by atoms with Crippen LogP contribution in [0.15, 0.2) is 60.9 Å². The maximum atomic E-state index is 13.4. The summed E-state index contributed by atoms with van der Waals surface area (Å²) in [5.74, 6) is -3.36. The van der Waals surface area contributed by atoms with Crippen molar-refractivity contribution in [3.8, 4) is 10.4 Å². The Hall–Kier alpha value is -2.97. The number of thiazole rings is 1. The fourth-order valence-electron chi connectivity index (χ4n) is 3.28. The van der Waals surface area contributed by atoms with E-state index in [4.69, 9.17) is 5.73 Å². The van der Waals surface area contributed by atoms with Crippen LogP contribution in [0, 0.1) is 5.95 Å². The molecule has 0 radical (unpaired) electrons. The summed E-state index contributed by atoms with van der Waals surface area (Å²) < 4.78 is 40.0. The van der Waals surface area contributed by atoms with Crippen molar-refractivity contribution in [1.82, 2.24) is 9.97 Å². The molecule has 4 rings (SSSR count). The average Bonchev–Trinajstić information content (AvgIpc) is 3.20. The minimum Gasteiger partial charge on any atom is -0.360 e. The zero-order chi connectivity index (χ0) is 22.0. The first kappa shape index (κ1) is 21.3. The van der Waals surface area contributed by atoms with Gasteiger partial charge < -0.3 is 11.1 Å². The van der Waals surface area contributed by atoms with E-state index in [0.717, 1.165) is 38.8 Å². The maximum absolute atomic E-state index is 13.4. The molecule has 0 fully saturated rings. The lowest BCUT2D eigenvalue weighted by molar-refractivity contribution is 0.0174. The first-order valence-corrected chi connectivity index (χ1v) is 10.6. The van der Waals surface area contributed by atoms with Gasteiger partial charge in [-0.3, -0.25) is 0 Å². The second kappa shape index (κ2) is 8.64. The fourth-order valence-corrected chi connectivity index (χ4v) is 4.10. The van der Waals surface area contributed by atoms with Crippen LogP contribution in [0.4, 0.5) is 18.3 Å². The van der Waals surface area contributed by atoms with Gasteiger partial charge in [-0.2, -0.15) is 4.39 Å². The molecule has 0 saturated carbocycles. The highest BCUT2D eigenvalue weighted by atomic mass is 32.1. The Morgan fingerprint density at radius 1 is 1.03 bits per heavy atom. The molecular formula is C23H21F3N4S. The number of benzene rings is 2. The van der Waals surface area contributed by atoms with Gasteiger partial charge in [0.25, 0.3) is 5.92 Å². The molecule has 160 valence electrons. The zero-order valence-electron chi connectivity index (χ0n) is 16.8. The summed E-state index contributed by atoms with van der Waals surface area (Å²) in [6, 6.07) is 13.2. The Morgan fingerprint density at radius 2 is 1.81 bits per heavy atom. The lowest BCUT2D eigenvalue weighted by Crippen LogP contribution is -2.31. The number of rotatable bonds is 7. The Labute approximate surface area is 182 Å². The van der Waals surface area contributed by atoms with Crippen molar-refractivity contribution in [2.24, 2.45) is 5.73 Å². The molecule has 2 aromatic carbocycles. The van der Waals surface area contributed by atoms with Crippen molar-refractivity contribution in [3.63, 3.8) is 0 Å². The molecule has 8 heteroatoms. The molecule has 1 atom stereocenters. The first-order valence-electron chi connectivity index (χ1n) is 9.76. The highest BCUT2D eigenvalue weighted by molar-refractivity contribution is 7.18. The van der Waals surface area contributed by atoms with Gasteiger partial charge in [0.15, 0.2) is 5.13 Å². The molecule has 0 bridgehead atoms. The smallest absolute Gasteiger partial charge is 0.270 e. The Bertz CT molecular complexity index is 1190. The third-order valence-corrected chi connectivity index (χ3v) is 5.96. The number of anilines is 1. The minimum atomic E-state index is -2.85. The molecule has 0 spiro atoms. The van der Waals surface area contributed by atoms with Gasteiger partial charge in [-0.15, -0.1) is 0 Å². The van der Waals surface area contributed by atoms with Gasteiger partial charge in [0.2, 0.25) is 5.95 Å². The lowest BCUT2D eigenvalue weighted by Gasteiger charge is -2.14. The fraction of sp³-hybridized carbons (Fsp3) is 0.217. The summed E-state index contributed by atoms with van der Waals surface area (Å²) in [6.07, 6.45) is 3.84. The van der Waals surface area contributed by atoms with Crippen LogP contribution in [0.2, 0.25) is 0 Å². The molecule has 0 aliphatic rings. The van der Waals surface area contributed by atoms with E-state index in [0.29, 0.717) is 13.0 Å². The van der Waals surface area contributed by atoms with Gasteiger partial charge in [-0.1, -0.05) is 47.7 Å². The Morgan fingerprint density at radius 3 is 2.55 bits per heavy atom.